The molecular formula is C14H16N2O2. The predicted octanol–water partition coefficient (Wildman–Crippen LogP) is 2.26. The molecule has 1 heterocycles. The van der Waals surface area contributed by atoms with Gasteiger partial charge in [0.2, 0.25) is 0 Å². The van der Waals surface area contributed by atoms with Gasteiger partial charge in [-0.1, -0.05) is 6.07 Å². The highest BCUT2D eigenvalue weighted by atomic mass is 16.3. The number of ketones is 1. The molecule has 0 saturated carbocycles. The van der Waals surface area contributed by atoms with Gasteiger partial charge in [0.25, 0.3) is 0 Å². The number of hydrogen-bond donors (Lipinski definition) is 1. The van der Waals surface area contributed by atoms with Crippen molar-refractivity contribution in [2.24, 2.45) is 4.99 Å². The van der Waals surface area contributed by atoms with E-state index in [-0.39, 0.29) is 11.5 Å². The smallest absolute Gasteiger partial charge is 0.167 e. The third kappa shape index (κ3) is 3.26. The summed E-state index contributed by atoms with van der Waals surface area (Å²) in [6, 6.07) is 5.75. The number of hydrogen-bond acceptors (Lipinski definition) is 4. The topological polar surface area (TPSA) is 62.5 Å². The first-order valence-corrected chi connectivity index (χ1v) is 6.12. The van der Waals surface area contributed by atoms with Gasteiger partial charge in [-0.05, 0) is 18.6 Å². The first kappa shape index (κ1) is 12.5. The fourth-order valence-electron chi connectivity index (χ4n) is 1.87. The van der Waals surface area contributed by atoms with Gasteiger partial charge in [0, 0.05) is 43.9 Å². The molecule has 0 atom stereocenters. The Labute approximate surface area is 106 Å². The van der Waals surface area contributed by atoms with Crippen molar-refractivity contribution in [3.05, 3.63) is 41.4 Å². The van der Waals surface area contributed by atoms with Crippen LogP contribution in [-0.2, 0) is 11.2 Å². The molecular weight excluding hydrogens is 228 g/mol. The molecule has 0 unspecified atom stereocenters. The van der Waals surface area contributed by atoms with Gasteiger partial charge in [-0.3, -0.25) is 14.8 Å². The Morgan fingerprint density at radius 2 is 2.28 bits per heavy atom. The molecule has 0 bridgehead atoms. The second-order valence-corrected chi connectivity index (χ2v) is 4.24. The first-order chi connectivity index (χ1) is 8.77. The molecule has 4 nitrogen and oxygen atoms in total. The second kappa shape index (κ2) is 6.10. The maximum absolute atomic E-state index is 11.5. The molecule has 1 aliphatic carbocycles. The van der Waals surface area contributed by atoms with Crippen LogP contribution in [0.15, 0.2) is 40.7 Å². The van der Waals surface area contributed by atoms with Gasteiger partial charge in [-0.15, -0.1) is 0 Å². The van der Waals surface area contributed by atoms with Crippen LogP contribution in [0, 0.1) is 0 Å². The van der Waals surface area contributed by atoms with Crippen LogP contribution in [0.25, 0.3) is 0 Å². The Kier molecular flexibility index (Phi) is 4.23. The Bertz CT molecular complexity index is 478. The maximum Gasteiger partial charge on any atom is 0.167 e. The zero-order valence-electron chi connectivity index (χ0n) is 10.2. The van der Waals surface area contributed by atoms with Crippen LogP contribution in [0.2, 0.25) is 0 Å². The second-order valence-electron chi connectivity index (χ2n) is 4.24. The summed E-state index contributed by atoms with van der Waals surface area (Å²) in [5.41, 5.74) is 1.35. The van der Waals surface area contributed by atoms with Crippen molar-refractivity contribution in [3.63, 3.8) is 0 Å². The van der Waals surface area contributed by atoms with Crippen molar-refractivity contribution in [1.82, 2.24) is 4.98 Å². The highest BCUT2D eigenvalue weighted by Gasteiger charge is 2.17. The molecule has 0 aromatic carbocycles. The largest absolute Gasteiger partial charge is 0.512 e. The molecule has 1 aromatic heterocycles. The van der Waals surface area contributed by atoms with E-state index in [9.17, 15) is 9.90 Å². The molecule has 0 radical (unpaired) electrons. The van der Waals surface area contributed by atoms with Gasteiger partial charge in [-0.25, -0.2) is 0 Å². The number of aliphatic hydroxyl groups excluding tert-OH is 1. The lowest BCUT2D eigenvalue weighted by Gasteiger charge is -2.11. The third-order valence-corrected chi connectivity index (χ3v) is 2.87. The number of pyridine rings is 1. The molecule has 1 aromatic rings. The maximum atomic E-state index is 11.5. The van der Waals surface area contributed by atoms with Crippen molar-refractivity contribution in [2.45, 2.75) is 25.7 Å². The van der Waals surface area contributed by atoms with Crippen LogP contribution in [0.4, 0.5) is 0 Å². The quantitative estimate of drug-likeness (QED) is 0.826. The van der Waals surface area contributed by atoms with Crippen LogP contribution < -0.4 is 0 Å². The number of aliphatic hydroxyl groups is 1. The summed E-state index contributed by atoms with van der Waals surface area (Å²) < 4.78 is 0. The van der Waals surface area contributed by atoms with Gasteiger partial charge >= 0.3 is 0 Å². The number of nitrogens with zero attached hydrogens (tertiary/aromatic N) is 2. The van der Waals surface area contributed by atoms with Crippen LogP contribution >= 0.6 is 0 Å². The molecule has 0 amide bonds. The summed E-state index contributed by atoms with van der Waals surface area (Å²) in [6.07, 6.45) is 5.80. The zero-order chi connectivity index (χ0) is 12.8. The average Bonchev–Trinajstić information content (AvgIpc) is 2.38. The number of allylic oxidation sites excluding steroid dienone is 2. The van der Waals surface area contributed by atoms with Crippen molar-refractivity contribution in [1.29, 1.82) is 0 Å². The normalized spacial score (nSPS) is 16.6. The summed E-state index contributed by atoms with van der Waals surface area (Å²) in [7, 11) is 0. The molecule has 4 heteroatoms. The van der Waals surface area contributed by atoms with E-state index >= 15 is 0 Å². The first-order valence-electron chi connectivity index (χ1n) is 6.12. The Balaban J connectivity index is 1.90. The molecule has 0 saturated heterocycles. The molecule has 0 aliphatic heterocycles. The Hall–Kier alpha value is -1.97. The summed E-state index contributed by atoms with van der Waals surface area (Å²) in [4.78, 5) is 19.9. The monoisotopic (exact) mass is 244 g/mol. The number of rotatable bonds is 4. The van der Waals surface area contributed by atoms with Crippen LogP contribution in [0.1, 0.15) is 25.0 Å². The van der Waals surface area contributed by atoms with Crippen LogP contribution in [0.3, 0.4) is 0 Å². The van der Waals surface area contributed by atoms with Crippen molar-refractivity contribution in [3.8, 4) is 0 Å². The number of carbonyl (C=O) groups is 1. The van der Waals surface area contributed by atoms with Crippen LogP contribution in [-0.4, -0.2) is 28.6 Å². The van der Waals surface area contributed by atoms with Crippen molar-refractivity contribution in [2.75, 3.05) is 6.54 Å². The highest BCUT2D eigenvalue weighted by Crippen LogP contribution is 2.18. The fourth-order valence-corrected chi connectivity index (χ4v) is 1.87. The minimum Gasteiger partial charge on any atom is -0.512 e. The Morgan fingerprint density at radius 1 is 1.39 bits per heavy atom. The minimum absolute atomic E-state index is 0.0136. The molecule has 94 valence electrons. The SMILES string of the molecule is O=C1CCCC(O)=C1C=NCCc1ccccn1. The van der Waals surface area contributed by atoms with Gasteiger partial charge in [0.15, 0.2) is 5.78 Å². The van der Waals surface area contributed by atoms with Gasteiger partial charge in [0.05, 0.1) is 5.57 Å². The number of carbonyl (C=O) groups excluding carboxylic acids is 1. The lowest BCUT2D eigenvalue weighted by Crippen LogP contribution is -2.12. The summed E-state index contributed by atoms with van der Waals surface area (Å²) in [6.45, 7) is 0.571. The van der Waals surface area contributed by atoms with E-state index in [1.54, 1.807) is 6.20 Å². The summed E-state index contributed by atoms with van der Waals surface area (Å²) >= 11 is 0. The molecule has 2 rings (SSSR count). The molecule has 1 N–H and O–H groups in total. The standard InChI is InChI=1S/C14H16N2O2/c17-13-5-3-6-14(18)12(13)10-15-9-7-11-4-1-2-8-16-11/h1-2,4,8,10,17H,3,5-7,9H2. The molecule has 1 aliphatic rings. The summed E-state index contributed by atoms with van der Waals surface area (Å²) in [5, 5.41) is 9.61. The van der Waals surface area contributed by atoms with Crippen molar-refractivity contribution >= 4 is 12.0 Å². The van der Waals surface area contributed by atoms with Gasteiger partial charge in [0.1, 0.15) is 5.76 Å². The highest BCUT2D eigenvalue weighted by molar-refractivity contribution is 6.14. The van der Waals surface area contributed by atoms with E-state index in [2.05, 4.69) is 9.98 Å². The number of aromatic nitrogens is 1. The number of aliphatic imine (C=N–C) groups is 1. The van der Waals surface area contributed by atoms with E-state index in [0.29, 0.717) is 25.0 Å². The lowest BCUT2D eigenvalue weighted by molar-refractivity contribution is -0.115. The van der Waals surface area contributed by atoms with Gasteiger partial charge in [-0.2, -0.15) is 0 Å². The third-order valence-electron chi connectivity index (χ3n) is 2.87. The summed E-state index contributed by atoms with van der Waals surface area (Å²) in [5.74, 6) is 0.160. The average molecular weight is 244 g/mol. The minimum atomic E-state index is -0.0136. The lowest BCUT2D eigenvalue weighted by atomic mass is 9.97. The van der Waals surface area contributed by atoms with E-state index in [1.165, 1.54) is 6.21 Å². The number of Topliss-reactive ketones (excluding diaryl/α,β-unsaturated/α-hetero) is 1. The van der Waals surface area contributed by atoms with E-state index in [0.717, 1.165) is 18.5 Å². The zero-order valence-corrected chi connectivity index (χ0v) is 10.2. The van der Waals surface area contributed by atoms with E-state index in [4.69, 9.17) is 0 Å². The van der Waals surface area contributed by atoms with Gasteiger partial charge < -0.3 is 5.11 Å². The van der Waals surface area contributed by atoms with E-state index in [1.807, 2.05) is 18.2 Å². The van der Waals surface area contributed by atoms with E-state index < -0.39 is 0 Å². The Morgan fingerprint density at radius 3 is 3.00 bits per heavy atom. The fraction of sp³-hybridized carbons (Fsp3) is 0.357. The molecule has 0 spiro atoms. The predicted molar refractivity (Wildman–Crippen MR) is 69.8 cm³/mol. The van der Waals surface area contributed by atoms with Crippen molar-refractivity contribution < 1.29 is 9.90 Å². The molecule has 18 heavy (non-hydrogen) atoms. The van der Waals surface area contributed by atoms with Crippen LogP contribution in [0.5, 0.6) is 0 Å². The molecule has 0 fully saturated rings.